The molecule has 1 atom stereocenters. The van der Waals surface area contributed by atoms with E-state index < -0.39 is 15.8 Å². The summed E-state index contributed by atoms with van der Waals surface area (Å²) in [6.45, 7) is 0.449. The fraction of sp³-hybridized carbons (Fsp3) is 0.500. The number of hydrogen-bond acceptors (Lipinski definition) is 3. The van der Waals surface area contributed by atoms with Crippen LogP contribution in [0.25, 0.3) is 0 Å². The molecular weight excluding hydrogens is 273 g/mol. The Labute approximate surface area is 111 Å². The van der Waals surface area contributed by atoms with Gasteiger partial charge in [0.15, 0.2) is 0 Å². The van der Waals surface area contributed by atoms with Gasteiger partial charge in [-0.15, -0.1) is 0 Å². The average molecular weight is 289 g/mol. The van der Waals surface area contributed by atoms with Crippen LogP contribution in [0, 0.1) is 5.82 Å². The average Bonchev–Trinajstić information content (AvgIpc) is 2.38. The zero-order chi connectivity index (χ0) is 13.0. The fourth-order valence-electron chi connectivity index (χ4n) is 1.87. The number of thioether (sulfide) groups is 1. The van der Waals surface area contributed by atoms with E-state index >= 15 is 0 Å². The van der Waals surface area contributed by atoms with E-state index in [4.69, 9.17) is 0 Å². The van der Waals surface area contributed by atoms with Crippen LogP contribution in [-0.4, -0.2) is 26.0 Å². The quantitative estimate of drug-likeness (QED) is 0.926. The minimum atomic E-state index is -3.51. The lowest BCUT2D eigenvalue weighted by Crippen LogP contribution is -2.31. The Hall–Kier alpha value is -0.590. The maximum atomic E-state index is 12.7. The minimum Gasteiger partial charge on any atom is -0.210 e. The second kappa shape index (κ2) is 6.04. The SMILES string of the molecule is O=S(=O)(NCC1CCCCS1)c1ccc(F)cc1. The lowest BCUT2D eigenvalue weighted by atomic mass is 10.2. The van der Waals surface area contributed by atoms with Crippen LogP contribution in [0.5, 0.6) is 0 Å². The molecule has 1 fully saturated rings. The van der Waals surface area contributed by atoms with Gasteiger partial charge in [0.25, 0.3) is 0 Å². The van der Waals surface area contributed by atoms with Crippen molar-refractivity contribution in [1.82, 2.24) is 4.72 Å². The molecule has 0 spiro atoms. The molecule has 0 bridgehead atoms. The lowest BCUT2D eigenvalue weighted by Gasteiger charge is -2.21. The van der Waals surface area contributed by atoms with Crippen LogP contribution in [0.15, 0.2) is 29.2 Å². The molecule has 0 amide bonds. The molecule has 0 aromatic heterocycles. The molecule has 1 heterocycles. The molecule has 1 aliphatic rings. The Kier molecular flexibility index (Phi) is 4.64. The first kappa shape index (κ1) is 13.8. The molecule has 18 heavy (non-hydrogen) atoms. The standard InChI is InChI=1S/C12H16FNO2S2/c13-10-4-6-12(7-5-10)18(15,16)14-9-11-3-1-2-8-17-11/h4-7,11,14H,1-3,8-9H2. The largest absolute Gasteiger partial charge is 0.240 e. The van der Waals surface area contributed by atoms with Crippen molar-refractivity contribution in [3.05, 3.63) is 30.1 Å². The summed E-state index contributed by atoms with van der Waals surface area (Å²) >= 11 is 1.81. The topological polar surface area (TPSA) is 46.2 Å². The van der Waals surface area contributed by atoms with Gasteiger partial charge in [0, 0.05) is 11.8 Å². The van der Waals surface area contributed by atoms with E-state index in [2.05, 4.69) is 4.72 Å². The summed E-state index contributed by atoms with van der Waals surface area (Å²) in [5.74, 6) is 0.667. The highest BCUT2D eigenvalue weighted by molar-refractivity contribution is 8.00. The van der Waals surface area contributed by atoms with Crippen LogP contribution in [0.2, 0.25) is 0 Å². The highest BCUT2D eigenvalue weighted by atomic mass is 32.2. The third-order valence-electron chi connectivity index (χ3n) is 2.90. The van der Waals surface area contributed by atoms with Gasteiger partial charge in [0.1, 0.15) is 5.82 Å². The van der Waals surface area contributed by atoms with Gasteiger partial charge in [0.2, 0.25) is 10.0 Å². The van der Waals surface area contributed by atoms with Crippen LogP contribution >= 0.6 is 11.8 Å². The van der Waals surface area contributed by atoms with Crippen molar-refractivity contribution in [3.63, 3.8) is 0 Å². The first-order chi connectivity index (χ1) is 8.58. The molecule has 1 N–H and O–H groups in total. The van der Waals surface area contributed by atoms with Gasteiger partial charge in [-0.1, -0.05) is 6.42 Å². The minimum absolute atomic E-state index is 0.115. The zero-order valence-corrected chi connectivity index (χ0v) is 11.6. The zero-order valence-electron chi connectivity index (χ0n) is 9.93. The van der Waals surface area contributed by atoms with Crippen molar-refractivity contribution in [2.75, 3.05) is 12.3 Å². The van der Waals surface area contributed by atoms with Crippen LogP contribution in [0.1, 0.15) is 19.3 Å². The van der Waals surface area contributed by atoms with Crippen molar-refractivity contribution in [3.8, 4) is 0 Å². The molecule has 3 nitrogen and oxygen atoms in total. The molecule has 0 radical (unpaired) electrons. The Morgan fingerprint density at radius 3 is 2.61 bits per heavy atom. The molecule has 1 unspecified atom stereocenters. The summed E-state index contributed by atoms with van der Waals surface area (Å²) in [6.07, 6.45) is 3.43. The molecule has 6 heteroatoms. The van der Waals surface area contributed by atoms with Crippen LogP contribution in [0.4, 0.5) is 4.39 Å². The number of rotatable bonds is 4. The van der Waals surface area contributed by atoms with Gasteiger partial charge < -0.3 is 0 Å². The van der Waals surface area contributed by atoms with Crippen molar-refractivity contribution in [1.29, 1.82) is 0 Å². The smallest absolute Gasteiger partial charge is 0.210 e. The third kappa shape index (κ3) is 3.70. The molecule has 1 saturated heterocycles. The number of halogens is 1. The molecule has 1 aliphatic heterocycles. The van der Waals surface area contributed by atoms with E-state index in [1.165, 1.54) is 18.6 Å². The summed E-state index contributed by atoms with van der Waals surface area (Å²) in [5, 5.41) is 0.356. The van der Waals surface area contributed by atoms with E-state index in [0.29, 0.717) is 11.8 Å². The predicted molar refractivity (Wildman–Crippen MR) is 71.7 cm³/mol. The normalized spacial score (nSPS) is 20.8. The molecule has 2 rings (SSSR count). The number of sulfonamides is 1. The highest BCUT2D eigenvalue weighted by Gasteiger charge is 2.19. The third-order valence-corrected chi connectivity index (χ3v) is 5.74. The number of nitrogens with one attached hydrogen (secondary N) is 1. The first-order valence-electron chi connectivity index (χ1n) is 5.95. The van der Waals surface area contributed by atoms with Gasteiger partial charge in [-0.25, -0.2) is 17.5 Å². The maximum absolute atomic E-state index is 12.7. The molecule has 0 aliphatic carbocycles. The highest BCUT2D eigenvalue weighted by Crippen LogP contribution is 2.24. The molecular formula is C12H16FNO2S2. The first-order valence-corrected chi connectivity index (χ1v) is 8.48. The summed E-state index contributed by atoms with van der Waals surface area (Å²) < 4.78 is 39.2. The van der Waals surface area contributed by atoms with E-state index in [9.17, 15) is 12.8 Å². The van der Waals surface area contributed by atoms with Gasteiger partial charge in [-0.3, -0.25) is 0 Å². The second-order valence-corrected chi connectivity index (χ2v) is 7.47. The van der Waals surface area contributed by atoms with Crippen LogP contribution in [-0.2, 0) is 10.0 Å². The maximum Gasteiger partial charge on any atom is 0.240 e. The second-order valence-electron chi connectivity index (χ2n) is 4.29. The summed E-state index contributed by atoms with van der Waals surface area (Å²) in [4.78, 5) is 0.115. The Morgan fingerprint density at radius 2 is 2.00 bits per heavy atom. The van der Waals surface area contributed by atoms with Crippen molar-refractivity contribution in [2.45, 2.75) is 29.4 Å². The van der Waals surface area contributed by atoms with E-state index in [-0.39, 0.29) is 4.90 Å². The van der Waals surface area contributed by atoms with Crippen molar-refractivity contribution >= 4 is 21.8 Å². The van der Waals surface area contributed by atoms with Crippen LogP contribution in [0.3, 0.4) is 0 Å². The number of hydrogen-bond donors (Lipinski definition) is 1. The Bertz CT molecular complexity index is 481. The summed E-state index contributed by atoms with van der Waals surface area (Å²) in [7, 11) is -3.51. The summed E-state index contributed by atoms with van der Waals surface area (Å²) in [5.41, 5.74) is 0. The van der Waals surface area contributed by atoms with E-state index in [1.54, 1.807) is 0 Å². The molecule has 1 aromatic rings. The Balaban J connectivity index is 1.96. The lowest BCUT2D eigenvalue weighted by molar-refractivity contribution is 0.573. The van der Waals surface area contributed by atoms with E-state index in [0.717, 1.165) is 30.7 Å². The fourth-order valence-corrected chi connectivity index (χ4v) is 4.29. The predicted octanol–water partition coefficient (Wildman–Crippen LogP) is 2.39. The van der Waals surface area contributed by atoms with Gasteiger partial charge in [0.05, 0.1) is 4.90 Å². The van der Waals surface area contributed by atoms with E-state index in [1.807, 2.05) is 11.8 Å². The van der Waals surface area contributed by atoms with Gasteiger partial charge in [-0.2, -0.15) is 11.8 Å². The molecule has 1 aromatic carbocycles. The van der Waals surface area contributed by atoms with Crippen molar-refractivity contribution in [2.24, 2.45) is 0 Å². The van der Waals surface area contributed by atoms with Crippen LogP contribution < -0.4 is 4.72 Å². The van der Waals surface area contributed by atoms with Gasteiger partial charge >= 0.3 is 0 Å². The van der Waals surface area contributed by atoms with Gasteiger partial charge in [-0.05, 0) is 42.9 Å². The molecule has 0 saturated carbocycles. The summed E-state index contributed by atoms with van der Waals surface area (Å²) in [6, 6.07) is 4.88. The van der Waals surface area contributed by atoms with Crippen molar-refractivity contribution < 1.29 is 12.8 Å². The molecule has 100 valence electrons. The monoisotopic (exact) mass is 289 g/mol. The number of benzene rings is 1. The Morgan fingerprint density at radius 1 is 1.28 bits per heavy atom.